The number of aromatic amines is 1. The molecule has 33 heavy (non-hydrogen) atoms. The van der Waals surface area contributed by atoms with Crippen LogP contribution in [0.5, 0.6) is 5.75 Å². The number of nitrogens with one attached hydrogen (secondary N) is 1. The molecule has 1 N–H and O–H groups in total. The fourth-order valence-electron chi connectivity index (χ4n) is 3.67. The van der Waals surface area contributed by atoms with E-state index in [4.69, 9.17) is 9.26 Å². The first kappa shape index (κ1) is 20.2. The van der Waals surface area contributed by atoms with Crippen LogP contribution in [-0.2, 0) is 6.61 Å². The number of hydrogen-bond acceptors (Lipinski definition) is 6. The summed E-state index contributed by atoms with van der Waals surface area (Å²) < 4.78 is 11.0. The van der Waals surface area contributed by atoms with Gasteiger partial charge in [0.05, 0.1) is 17.1 Å². The third-order valence-electron chi connectivity index (χ3n) is 5.27. The third-order valence-corrected chi connectivity index (χ3v) is 5.27. The van der Waals surface area contributed by atoms with E-state index >= 15 is 0 Å². The van der Waals surface area contributed by atoms with Crippen LogP contribution in [0.2, 0.25) is 0 Å². The molecule has 0 saturated heterocycles. The average Bonchev–Trinajstić information content (AvgIpc) is 3.28. The normalized spacial score (nSPS) is 10.8. The summed E-state index contributed by atoms with van der Waals surface area (Å²) in [5.41, 5.74) is 3.73. The molecule has 0 aliphatic heterocycles. The lowest BCUT2D eigenvalue weighted by atomic mass is 10.0. The van der Waals surface area contributed by atoms with Crippen molar-refractivity contribution in [1.82, 2.24) is 15.1 Å². The molecule has 0 amide bonds. The molecule has 0 aliphatic carbocycles. The van der Waals surface area contributed by atoms with E-state index in [0.717, 1.165) is 16.5 Å². The molecule has 0 aliphatic rings. The second-order valence-electron chi connectivity index (χ2n) is 7.54. The fraction of sp³-hybridized carbons (Fsp3) is 0.0769. The highest BCUT2D eigenvalue weighted by molar-refractivity contribution is 5.85. The lowest BCUT2D eigenvalue weighted by molar-refractivity contribution is 0.306. The number of H-pyrrole nitrogens is 1. The zero-order valence-corrected chi connectivity index (χ0v) is 17.7. The minimum absolute atomic E-state index is 0.259. The van der Waals surface area contributed by atoms with Gasteiger partial charge in [-0.25, -0.2) is 0 Å². The summed E-state index contributed by atoms with van der Waals surface area (Å²) in [6.45, 7) is 2.09. The van der Waals surface area contributed by atoms with Gasteiger partial charge >= 0.3 is 0 Å². The van der Waals surface area contributed by atoms with Crippen molar-refractivity contribution < 1.29 is 9.26 Å². The quantitative estimate of drug-likeness (QED) is 0.417. The summed E-state index contributed by atoms with van der Waals surface area (Å²) in [6.07, 6.45) is 0. The van der Waals surface area contributed by atoms with Gasteiger partial charge in [-0.05, 0) is 41.3 Å². The Hall–Kier alpha value is -4.70. The topological polar surface area (TPSA) is 105 Å². The number of rotatable bonds is 5. The van der Waals surface area contributed by atoms with Crippen molar-refractivity contribution >= 4 is 10.9 Å². The minimum Gasteiger partial charge on any atom is -0.489 e. The Morgan fingerprint density at radius 1 is 1.03 bits per heavy atom. The first-order chi connectivity index (χ1) is 16.1. The number of nitriles is 1. The second-order valence-corrected chi connectivity index (χ2v) is 7.54. The number of aryl methyl sites for hydroxylation is 1. The molecule has 0 radical (unpaired) electrons. The Bertz CT molecular complexity index is 1580. The van der Waals surface area contributed by atoms with Crippen molar-refractivity contribution in [2.24, 2.45) is 0 Å². The van der Waals surface area contributed by atoms with E-state index in [9.17, 15) is 10.1 Å². The Labute approximate surface area is 188 Å². The van der Waals surface area contributed by atoms with Gasteiger partial charge in [0, 0.05) is 29.7 Å². The Morgan fingerprint density at radius 3 is 2.73 bits per heavy atom. The summed E-state index contributed by atoms with van der Waals surface area (Å²) in [7, 11) is 0. The van der Waals surface area contributed by atoms with Crippen LogP contribution in [0.25, 0.3) is 33.4 Å². The summed E-state index contributed by atoms with van der Waals surface area (Å²) in [6, 6.07) is 24.3. The lowest BCUT2D eigenvalue weighted by Crippen LogP contribution is -2.09. The van der Waals surface area contributed by atoms with Crippen molar-refractivity contribution in [3.63, 3.8) is 0 Å². The van der Waals surface area contributed by atoms with Gasteiger partial charge in [-0.3, -0.25) is 4.79 Å². The molecule has 3 aromatic carbocycles. The molecule has 7 nitrogen and oxygen atoms in total. The molecular weight excluding hydrogens is 416 g/mol. The zero-order chi connectivity index (χ0) is 22.8. The van der Waals surface area contributed by atoms with Crippen LogP contribution in [0.1, 0.15) is 17.0 Å². The molecule has 0 fully saturated rings. The number of nitrogens with zero attached hydrogens (tertiary/aromatic N) is 3. The zero-order valence-electron chi connectivity index (χ0n) is 17.7. The molecule has 0 atom stereocenters. The van der Waals surface area contributed by atoms with Crippen molar-refractivity contribution in [3.05, 3.63) is 100 Å². The molecule has 5 aromatic rings. The highest BCUT2D eigenvalue weighted by Gasteiger charge is 2.11. The SMILES string of the molecule is Cc1nc(-c2cccc(COc3ccc4cc(-c5ccccc5C#N)c(=O)[nH]c4c3)c2)no1. The highest BCUT2D eigenvalue weighted by Crippen LogP contribution is 2.26. The van der Waals surface area contributed by atoms with E-state index in [1.807, 2.05) is 42.5 Å². The standard InChI is InChI=1S/C26H18N4O3/c1-16-28-25(30-33-16)19-7-4-5-17(11-19)15-32-21-10-9-18-12-23(26(31)29-24(18)13-21)22-8-3-2-6-20(22)14-27/h2-13H,15H2,1H3,(H,29,31). The van der Waals surface area contributed by atoms with E-state index in [1.54, 1.807) is 37.3 Å². The van der Waals surface area contributed by atoms with Gasteiger partial charge in [-0.15, -0.1) is 0 Å². The maximum Gasteiger partial charge on any atom is 0.256 e. The molecule has 160 valence electrons. The fourth-order valence-corrected chi connectivity index (χ4v) is 3.67. The molecule has 2 heterocycles. The first-order valence-electron chi connectivity index (χ1n) is 10.3. The maximum atomic E-state index is 12.7. The van der Waals surface area contributed by atoms with Gasteiger partial charge in [-0.2, -0.15) is 10.2 Å². The number of pyridine rings is 1. The molecule has 0 unspecified atom stereocenters. The molecule has 5 rings (SSSR count). The minimum atomic E-state index is -0.259. The summed E-state index contributed by atoms with van der Waals surface area (Å²) >= 11 is 0. The smallest absolute Gasteiger partial charge is 0.256 e. The van der Waals surface area contributed by atoms with Gasteiger partial charge in [0.15, 0.2) is 0 Å². The number of ether oxygens (including phenoxy) is 1. The molecule has 2 aromatic heterocycles. The van der Waals surface area contributed by atoms with Gasteiger partial charge < -0.3 is 14.2 Å². The second kappa shape index (κ2) is 8.44. The molecular formula is C26H18N4O3. The largest absolute Gasteiger partial charge is 0.489 e. The highest BCUT2D eigenvalue weighted by atomic mass is 16.5. The van der Waals surface area contributed by atoms with E-state index in [-0.39, 0.29) is 5.56 Å². The van der Waals surface area contributed by atoms with E-state index < -0.39 is 0 Å². The van der Waals surface area contributed by atoms with Crippen molar-refractivity contribution in [2.75, 3.05) is 0 Å². The predicted molar refractivity (Wildman–Crippen MR) is 124 cm³/mol. The lowest BCUT2D eigenvalue weighted by Gasteiger charge is -2.09. The Kier molecular flexibility index (Phi) is 5.17. The van der Waals surface area contributed by atoms with E-state index in [1.165, 1.54) is 0 Å². The molecule has 0 spiro atoms. The van der Waals surface area contributed by atoms with Crippen molar-refractivity contribution in [2.45, 2.75) is 13.5 Å². The van der Waals surface area contributed by atoms with Crippen molar-refractivity contribution in [3.8, 4) is 34.3 Å². The Morgan fingerprint density at radius 2 is 1.91 bits per heavy atom. The average molecular weight is 434 g/mol. The van der Waals surface area contributed by atoms with Crippen LogP contribution >= 0.6 is 0 Å². The number of aromatic nitrogens is 3. The summed E-state index contributed by atoms with van der Waals surface area (Å²) in [5, 5.41) is 14.2. The molecule has 0 bridgehead atoms. The molecule has 0 saturated carbocycles. The van der Waals surface area contributed by atoms with Crippen molar-refractivity contribution in [1.29, 1.82) is 5.26 Å². The van der Waals surface area contributed by atoms with Gasteiger partial charge in [0.1, 0.15) is 12.4 Å². The van der Waals surface area contributed by atoms with Crippen LogP contribution < -0.4 is 10.3 Å². The van der Waals surface area contributed by atoms with Crippen LogP contribution in [0, 0.1) is 18.3 Å². The van der Waals surface area contributed by atoms with Gasteiger partial charge in [-0.1, -0.05) is 41.6 Å². The summed E-state index contributed by atoms with van der Waals surface area (Å²) in [4.78, 5) is 19.9. The van der Waals surface area contributed by atoms with Gasteiger partial charge in [0.25, 0.3) is 5.56 Å². The van der Waals surface area contributed by atoms with Crippen LogP contribution in [0.15, 0.2) is 82.1 Å². The first-order valence-corrected chi connectivity index (χ1v) is 10.3. The Balaban J connectivity index is 1.39. The predicted octanol–water partition coefficient (Wildman–Crippen LogP) is 5.00. The maximum absolute atomic E-state index is 12.7. The van der Waals surface area contributed by atoms with E-state index in [2.05, 4.69) is 21.2 Å². The van der Waals surface area contributed by atoms with Crippen LogP contribution in [0.4, 0.5) is 0 Å². The molecule has 7 heteroatoms. The van der Waals surface area contributed by atoms with Crippen LogP contribution in [0.3, 0.4) is 0 Å². The summed E-state index contributed by atoms with van der Waals surface area (Å²) in [5.74, 6) is 1.67. The van der Waals surface area contributed by atoms with E-state index in [0.29, 0.717) is 46.3 Å². The number of hydrogen-bond donors (Lipinski definition) is 1. The number of benzene rings is 3. The third kappa shape index (κ3) is 4.10. The monoisotopic (exact) mass is 434 g/mol. The number of fused-ring (bicyclic) bond motifs is 1. The van der Waals surface area contributed by atoms with Crippen LogP contribution in [-0.4, -0.2) is 15.1 Å². The van der Waals surface area contributed by atoms with Gasteiger partial charge in [0.2, 0.25) is 11.7 Å².